The van der Waals surface area contributed by atoms with E-state index < -0.39 is 0 Å². The zero-order valence-corrected chi connectivity index (χ0v) is 20.4. The second kappa shape index (κ2) is 9.47. The summed E-state index contributed by atoms with van der Waals surface area (Å²) >= 11 is 1.48. The van der Waals surface area contributed by atoms with E-state index in [0.717, 1.165) is 47.3 Å². The number of nitrogens with one attached hydrogen (secondary N) is 1. The molecule has 0 unspecified atom stereocenters. The van der Waals surface area contributed by atoms with Crippen LogP contribution in [-0.4, -0.2) is 34.0 Å². The number of hydrogen-bond donors (Lipinski definition) is 1. The van der Waals surface area contributed by atoms with Crippen molar-refractivity contribution in [2.45, 2.75) is 66.0 Å². The number of rotatable bonds is 6. The van der Waals surface area contributed by atoms with Crippen molar-refractivity contribution in [3.8, 4) is 0 Å². The van der Waals surface area contributed by atoms with Gasteiger partial charge < -0.3 is 10.2 Å². The number of carbonyl (C=O) groups is 2. The van der Waals surface area contributed by atoms with Crippen molar-refractivity contribution in [3.63, 3.8) is 0 Å². The van der Waals surface area contributed by atoms with E-state index in [0.29, 0.717) is 15.9 Å². The molecule has 0 aliphatic heterocycles. The lowest BCUT2D eigenvalue weighted by atomic mass is 10.1. The van der Waals surface area contributed by atoms with Gasteiger partial charge in [0.2, 0.25) is 11.8 Å². The van der Waals surface area contributed by atoms with Crippen LogP contribution in [-0.2, 0) is 16.1 Å². The maximum Gasteiger partial charge on any atom is 0.262 e. The summed E-state index contributed by atoms with van der Waals surface area (Å²) in [5.41, 5.74) is 3.25. The average molecular weight is 467 g/mol. The van der Waals surface area contributed by atoms with Crippen molar-refractivity contribution in [2.75, 3.05) is 11.4 Å². The first-order valence-electron chi connectivity index (χ1n) is 11.4. The van der Waals surface area contributed by atoms with Crippen LogP contribution in [0.15, 0.2) is 29.3 Å². The SMILES string of the molecule is Cc1ccc(C)c(N(CC(=O)NC2CCCC2)C(=O)Cn2cnc3sc(C)c(C)c3c2=O)c1. The van der Waals surface area contributed by atoms with Gasteiger partial charge in [-0.25, -0.2) is 4.98 Å². The lowest BCUT2D eigenvalue weighted by Crippen LogP contribution is -2.45. The molecule has 8 heteroatoms. The van der Waals surface area contributed by atoms with Gasteiger partial charge in [-0.15, -0.1) is 11.3 Å². The maximum absolute atomic E-state index is 13.5. The van der Waals surface area contributed by atoms with Gasteiger partial charge in [-0.1, -0.05) is 25.0 Å². The van der Waals surface area contributed by atoms with Gasteiger partial charge in [-0.05, 0) is 63.3 Å². The Labute approximate surface area is 197 Å². The fraction of sp³-hybridized carbons (Fsp3) is 0.440. The van der Waals surface area contributed by atoms with E-state index in [1.54, 1.807) is 0 Å². The minimum atomic E-state index is -0.321. The fourth-order valence-electron chi connectivity index (χ4n) is 4.42. The Morgan fingerprint density at radius 2 is 1.91 bits per heavy atom. The van der Waals surface area contributed by atoms with Crippen molar-refractivity contribution in [2.24, 2.45) is 0 Å². The molecule has 1 aliphatic rings. The Kier molecular flexibility index (Phi) is 6.65. The molecule has 1 saturated carbocycles. The predicted molar refractivity (Wildman–Crippen MR) is 132 cm³/mol. The molecule has 0 spiro atoms. The van der Waals surface area contributed by atoms with Gasteiger partial charge in [-0.2, -0.15) is 0 Å². The minimum Gasteiger partial charge on any atom is -0.352 e. The number of benzene rings is 1. The lowest BCUT2D eigenvalue weighted by molar-refractivity contribution is -0.124. The number of hydrogen-bond acceptors (Lipinski definition) is 5. The number of thiophene rings is 1. The summed E-state index contributed by atoms with van der Waals surface area (Å²) in [6.45, 7) is 7.47. The molecule has 33 heavy (non-hydrogen) atoms. The number of anilines is 1. The molecule has 0 bridgehead atoms. The monoisotopic (exact) mass is 466 g/mol. The maximum atomic E-state index is 13.5. The third-order valence-electron chi connectivity index (χ3n) is 6.44. The zero-order chi connectivity index (χ0) is 23.7. The quantitative estimate of drug-likeness (QED) is 0.599. The van der Waals surface area contributed by atoms with Crippen molar-refractivity contribution in [1.82, 2.24) is 14.9 Å². The normalized spacial score (nSPS) is 14.1. The van der Waals surface area contributed by atoms with E-state index in [9.17, 15) is 14.4 Å². The van der Waals surface area contributed by atoms with E-state index in [1.807, 2.05) is 45.9 Å². The van der Waals surface area contributed by atoms with E-state index in [4.69, 9.17) is 0 Å². The molecule has 4 rings (SSSR count). The molecular formula is C25H30N4O3S. The number of fused-ring (bicyclic) bond motifs is 1. The Bertz CT molecular complexity index is 1270. The summed E-state index contributed by atoms with van der Waals surface area (Å²) < 4.78 is 1.34. The molecule has 2 heterocycles. The molecule has 0 saturated heterocycles. The van der Waals surface area contributed by atoms with Crippen LogP contribution in [0.1, 0.15) is 47.3 Å². The molecule has 1 aromatic carbocycles. The Morgan fingerprint density at radius 1 is 1.18 bits per heavy atom. The summed E-state index contributed by atoms with van der Waals surface area (Å²) in [5, 5.41) is 3.63. The van der Waals surface area contributed by atoms with Gasteiger partial charge in [0, 0.05) is 16.6 Å². The van der Waals surface area contributed by atoms with Gasteiger partial charge in [-0.3, -0.25) is 19.0 Å². The first kappa shape index (κ1) is 23.2. The molecule has 3 aromatic rings. The lowest BCUT2D eigenvalue weighted by Gasteiger charge is -2.25. The van der Waals surface area contributed by atoms with Crippen LogP contribution in [0, 0.1) is 27.7 Å². The van der Waals surface area contributed by atoms with E-state index in [-0.39, 0.29) is 36.5 Å². The summed E-state index contributed by atoms with van der Waals surface area (Å²) in [4.78, 5) is 47.1. The summed E-state index contributed by atoms with van der Waals surface area (Å²) in [6.07, 6.45) is 5.61. The number of amides is 2. The molecule has 1 fully saturated rings. The number of aryl methyl sites for hydroxylation is 4. The van der Waals surface area contributed by atoms with Gasteiger partial charge in [0.25, 0.3) is 5.56 Å². The molecule has 1 N–H and O–H groups in total. The van der Waals surface area contributed by atoms with Gasteiger partial charge in [0.05, 0.1) is 11.7 Å². The smallest absolute Gasteiger partial charge is 0.262 e. The van der Waals surface area contributed by atoms with Crippen LogP contribution in [0.5, 0.6) is 0 Å². The number of nitrogens with zero attached hydrogens (tertiary/aromatic N) is 3. The van der Waals surface area contributed by atoms with Crippen LogP contribution >= 0.6 is 11.3 Å². The molecule has 1 aliphatic carbocycles. The standard InChI is InChI=1S/C25H30N4O3S/c1-15-9-10-16(2)20(11-15)29(12-21(30)27-19-7-5-6-8-19)22(31)13-28-14-26-24-23(25(28)32)17(3)18(4)33-24/h9-11,14,19H,5-8,12-13H2,1-4H3,(H,27,30). The van der Waals surface area contributed by atoms with Crippen molar-refractivity contribution < 1.29 is 9.59 Å². The molecule has 2 amide bonds. The molecule has 174 valence electrons. The topological polar surface area (TPSA) is 84.3 Å². The molecule has 0 radical (unpaired) electrons. The van der Waals surface area contributed by atoms with Crippen LogP contribution in [0.4, 0.5) is 5.69 Å². The highest BCUT2D eigenvalue weighted by Gasteiger charge is 2.25. The second-order valence-corrected chi connectivity index (χ2v) is 10.2. The average Bonchev–Trinajstić information content (AvgIpc) is 3.38. The van der Waals surface area contributed by atoms with Crippen molar-refractivity contribution in [3.05, 3.63) is 56.4 Å². The Balaban J connectivity index is 1.64. The highest BCUT2D eigenvalue weighted by atomic mass is 32.1. The largest absolute Gasteiger partial charge is 0.352 e. The number of aromatic nitrogens is 2. The number of carbonyl (C=O) groups excluding carboxylic acids is 2. The van der Waals surface area contributed by atoms with Gasteiger partial charge >= 0.3 is 0 Å². The Morgan fingerprint density at radius 3 is 2.64 bits per heavy atom. The first-order chi connectivity index (χ1) is 15.7. The first-order valence-corrected chi connectivity index (χ1v) is 12.2. The van der Waals surface area contributed by atoms with Gasteiger partial charge in [0.1, 0.15) is 17.9 Å². The van der Waals surface area contributed by atoms with Crippen LogP contribution < -0.4 is 15.8 Å². The molecule has 2 aromatic heterocycles. The zero-order valence-electron chi connectivity index (χ0n) is 19.6. The summed E-state index contributed by atoms with van der Waals surface area (Å²) in [7, 11) is 0. The van der Waals surface area contributed by atoms with Crippen molar-refractivity contribution >= 4 is 39.1 Å². The third kappa shape index (κ3) is 4.85. The molecule has 0 atom stereocenters. The minimum absolute atomic E-state index is 0.0827. The van der Waals surface area contributed by atoms with Crippen molar-refractivity contribution in [1.29, 1.82) is 0 Å². The third-order valence-corrected chi connectivity index (χ3v) is 7.56. The summed E-state index contributed by atoms with van der Waals surface area (Å²) in [5.74, 6) is -0.500. The van der Waals surface area contributed by atoms with E-state index in [2.05, 4.69) is 10.3 Å². The van der Waals surface area contributed by atoms with Crippen LogP contribution in [0.2, 0.25) is 0 Å². The van der Waals surface area contributed by atoms with Crippen LogP contribution in [0.3, 0.4) is 0 Å². The predicted octanol–water partition coefficient (Wildman–Crippen LogP) is 3.78. The van der Waals surface area contributed by atoms with E-state index >= 15 is 0 Å². The molecular weight excluding hydrogens is 436 g/mol. The Hall–Kier alpha value is -3.00. The molecule has 7 nitrogen and oxygen atoms in total. The second-order valence-electron chi connectivity index (χ2n) is 8.96. The fourth-order valence-corrected chi connectivity index (χ4v) is 5.41. The summed E-state index contributed by atoms with van der Waals surface area (Å²) in [6, 6.07) is 6.00. The van der Waals surface area contributed by atoms with E-state index in [1.165, 1.54) is 27.1 Å². The highest BCUT2D eigenvalue weighted by Crippen LogP contribution is 2.26. The van der Waals surface area contributed by atoms with Crippen LogP contribution in [0.25, 0.3) is 10.2 Å². The van der Waals surface area contributed by atoms with Gasteiger partial charge in [0.15, 0.2) is 0 Å². The highest BCUT2D eigenvalue weighted by molar-refractivity contribution is 7.18.